The Labute approximate surface area is 112 Å². The molecule has 6 heteroatoms. The van der Waals surface area contributed by atoms with Gasteiger partial charge < -0.3 is 19.7 Å². The van der Waals surface area contributed by atoms with Crippen LogP contribution in [0.2, 0.25) is 0 Å². The molecule has 0 saturated carbocycles. The minimum absolute atomic E-state index is 0.0120. The summed E-state index contributed by atoms with van der Waals surface area (Å²) >= 11 is 0. The van der Waals surface area contributed by atoms with E-state index in [9.17, 15) is 9.59 Å². The van der Waals surface area contributed by atoms with Crippen LogP contribution < -0.4 is 14.8 Å². The predicted octanol–water partition coefficient (Wildman–Crippen LogP) is 1.04. The first-order valence-corrected chi connectivity index (χ1v) is 5.74. The molecule has 0 unspecified atom stereocenters. The van der Waals surface area contributed by atoms with Crippen molar-refractivity contribution >= 4 is 12.0 Å². The van der Waals surface area contributed by atoms with Gasteiger partial charge in [-0.25, -0.2) is 4.79 Å². The highest BCUT2D eigenvalue weighted by molar-refractivity contribution is 5.78. The van der Waals surface area contributed by atoms with Crippen molar-refractivity contribution < 1.29 is 19.1 Å². The molecule has 1 aromatic rings. The molecule has 0 aliphatic carbocycles. The van der Waals surface area contributed by atoms with Crippen LogP contribution in [0.4, 0.5) is 4.79 Å². The van der Waals surface area contributed by atoms with Gasteiger partial charge in [0.1, 0.15) is 0 Å². The molecule has 0 aromatic heterocycles. The average molecular weight is 266 g/mol. The van der Waals surface area contributed by atoms with Crippen LogP contribution in [0, 0.1) is 0 Å². The summed E-state index contributed by atoms with van der Waals surface area (Å²) in [6.07, 6.45) is -0.306. The van der Waals surface area contributed by atoms with Gasteiger partial charge in [0.15, 0.2) is 11.5 Å². The molecule has 0 aliphatic heterocycles. The highest BCUT2D eigenvalue weighted by atomic mass is 16.6. The fourth-order valence-corrected chi connectivity index (χ4v) is 1.39. The summed E-state index contributed by atoms with van der Waals surface area (Å²) in [5.41, 5.74) is 0.791. The lowest BCUT2D eigenvalue weighted by Gasteiger charge is -2.12. The number of hydrogen-bond acceptors (Lipinski definition) is 4. The van der Waals surface area contributed by atoms with Gasteiger partial charge in [-0.05, 0) is 17.7 Å². The van der Waals surface area contributed by atoms with E-state index < -0.39 is 6.09 Å². The van der Waals surface area contributed by atoms with E-state index in [1.165, 1.54) is 19.1 Å². The molecule has 19 heavy (non-hydrogen) atoms. The summed E-state index contributed by atoms with van der Waals surface area (Å²) in [6, 6.07) is 5.01. The molecule has 1 rings (SSSR count). The Morgan fingerprint density at radius 3 is 2.47 bits per heavy atom. The highest BCUT2D eigenvalue weighted by Gasteiger charge is 2.12. The Bertz CT molecular complexity index is 472. The van der Waals surface area contributed by atoms with Crippen molar-refractivity contribution in [2.24, 2.45) is 0 Å². The topological polar surface area (TPSA) is 67.9 Å². The number of carbonyl (C=O) groups is 2. The second kappa shape index (κ2) is 6.63. The van der Waals surface area contributed by atoms with E-state index in [4.69, 9.17) is 9.47 Å². The van der Waals surface area contributed by atoms with Gasteiger partial charge in [-0.2, -0.15) is 0 Å². The molecule has 1 aromatic carbocycles. The third-order valence-corrected chi connectivity index (χ3v) is 2.49. The van der Waals surface area contributed by atoms with Crippen molar-refractivity contribution in [3.05, 3.63) is 23.8 Å². The molecule has 0 heterocycles. The van der Waals surface area contributed by atoms with E-state index in [-0.39, 0.29) is 12.3 Å². The molecule has 0 saturated heterocycles. The normalized spacial score (nSPS) is 9.68. The second-order valence-electron chi connectivity index (χ2n) is 4.09. The summed E-state index contributed by atoms with van der Waals surface area (Å²) in [6.45, 7) is 0. The molecule has 0 spiro atoms. The van der Waals surface area contributed by atoms with Gasteiger partial charge in [0, 0.05) is 21.1 Å². The zero-order chi connectivity index (χ0) is 14.4. The number of benzene rings is 1. The second-order valence-corrected chi connectivity index (χ2v) is 4.09. The Balaban J connectivity index is 2.89. The van der Waals surface area contributed by atoms with Crippen LogP contribution in [0.5, 0.6) is 11.5 Å². The maximum Gasteiger partial charge on any atom is 0.412 e. The molecule has 1 N–H and O–H groups in total. The van der Waals surface area contributed by atoms with Crippen molar-refractivity contribution in [2.45, 2.75) is 6.42 Å². The van der Waals surface area contributed by atoms with Gasteiger partial charge in [0.25, 0.3) is 0 Å². The van der Waals surface area contributed by atoms with Crippen LogP contribution in [0.3, 0.4) is 0 Å². The minimum Gasteiger partial charge on any atom is -0.493 e. The zero-order valence-electron chi connectivity index (χ0n) is 11.5. The predicted molar refractivity (Wildman–Crippen MR) is 70.5 cm³/mol. The van der Waals surface area contributed by atoms with Gasteiger partial charge in [0.05, 0.1) is 13.5 Å². The van der Waals surface area contributed by atoms with Crippen molar-refractivity contribution in [1.29, 1.82) is 0 Å². The number of nitrogens with zero attached hydrogens (tertiary/aromatic N) is 1. The Hall–Kier alpha value is -2.24. The fourth-order valence-electron chi connectivity index (χ4n) is 1.39. The Morgan fingerprint density at radius 2 is 1.95 bits per heavy atom. The fraction of sp³-hybridized carbons (Fsp3) is 0.385. The standard InChI is InChI=1S/C13H18N2O4/c1-14-13(17)19-10-6-5-9(7-11(10)18-4)8-12(16)15(2)3/h5-7H,8H2,1-4H3,(H,14,17). The van der Waals surface area contributed by atoms with Crippen LogP contribution in [-0.4, -0.2) is 45.2 Å². The van der Waals surface area contributed by atoms with E-state index >= 15 is 0 Å². The van der Waals surface area contributed by atoms with Crippen molar-refractivity contribution in [2.75, 3.05) is 28.3 Å². The van der Waals surface area contributed by atoms with Crippen molar-refractivity contribution in [3.8, 4) is 11.5 Å². The molecule has 2 amide bonds. The third kappa shape index (κ3) is 4.17. The molecular formula is C13H18N2O4. The lowest BCUT2D eigenvalue weighted by molar-refractivity contribution is -0.127. The van der Waals surface area contributed by atoms with E-state index in [1.807, 2.05) is 0 Å². The summed E-state index contributed by atoms with van der Waals surface area (Å²) < 4.78 is 10.2. The maximum absolute atomic E-state index is 11.6. The number of hydrogen-bond donors (Lipinski definition) is 1. The average Bonchev–Trinajstić information content (AvgIpc) is 2.39. The molecular weight excluding hydrogens is 248 g/mol. The van der Waals surface area contributed by atoms with E-state index in [2.05, 4.69) is 5.32 Å². The summed E-state index contributed by atoms with van der Waals surface area (Å²) in [4.78, 5) is 24.3. The van der Waals surface area contributed by atoms with E-state index in [1.54, 1.807) is 32.3 Å². The highest BCUT2D eigenvalue weighted by Crippen LogP contribution is 2.28. The Kier molecular flexibility index (Phi) is 5.17. The first-order valence-electron chi connectivity index (χ1n) is 5.74. The zero-order valence-corrected chi connectivity index (χ0v) is 11.5. The first kappa shape index (κ1) is 14.8. The number of carbonyl (C=O) groups excluding carboxylic acids is 2. The molecule has 104 valence electrons. The monoisotopic (exact) mass is 266 g/mol. The molecule has 0 bridgehead atoms. The number of rotatable bonds is 4. The van der Waals surface area contributed by atoms with E-state index in [0.29, 0.717) is 11.5 Å². The smallest absolute Gasteiger partial charge is 0.412 e. The Morgan fingerprint density at radius 1 is 1.26 bits per heavy atom. The minimum atomic E-state index is -0.574. The largest absolute Gasteiger partial charge is 0.493 e. The van der Waals surface area contributed by atoms with Gasteiger partial charge in [-0.3, -0.25) is 4.79 Å². The number of likely N-dealkylation sites (N-methyl/N-ethyl adjacent to an activating group) is 1. The van der Waals surface area contributed by atoms with Gasteiger partial charge in [-0.1, -0.05) is 6.07 Å². The van der Waals surface area contributed by atoms with E-state index in [0.717, 1.165) is 5.56 Å². The summed E-state index contributed by atoms with van der Waals surface area (Å²) in [5, 5.41) is 2.35. The van der Waals surface area contributed by atoms with Crippen molar-refractivity contribution in [1.82, 2.24) is 10.2 Å². The summed E-state index contributed by atoms with van der Waals surface area (Å²) in [5.74, 6) is 0.706. The van der Waals surface area contributed by atoms with Crippen molar-refractivity contribution in [3.63, 3.8) is 0 Å². The molecule has 6 nitrogen and oxygen atoms in total. The van der Waals surface area contributed by atoms with Crippen LogP contribution in [-0.2, 0) is 11.2 Å². The van der Waals surface area contributed by atoms with Crippen LogP contribution in [0.1, 0.15) is 5.56 Å². The van der Waals surface area contributed by atoms with Crippen LogP contribution in [0.25, 0.3) is 0 Å². The molecule has 0 radical (unpaired) electrons. The molecule has 0 atom stereocenters. The van der Waals surface area contributed by atoms with Crippen LogP contribution in [0.15, 0.2) is 18.2 Å². The number of nitrogens with one attached hydrogen (secondary N) is 1. The quantitative estimate of drug-likeness (QED) is 0.884. The van der Waals surface area contributed by atoms with Gasteiger partial charge in [0.2, 0.25) is 5.91 Å². The van der Waals surface area contributed by atoms with Gasteiger partial charge >= 0.3 is 6.09 Å². The maximum atomic E-state index is 11.6. The SMILES string of the molecule is CNC(=O)Oc1ccc(CC(=O)N(C)C)cc1OC. The number of ether oxygens (including phenoxy) is 2. The first-order chi connectivity index (χ1) is 8.97. The summed E-state index contributed by atoms with van der Waals surface area (Å²) in [7, 11) is 6.34. The molecule has 0 fully saturated rings. The van der Waals surface area contributed by atoms with Crippen LogP contribution >= 0.6 is 0 Å². The lowest BCUT2D eigenvalue weighted by Crippen LogP contribution is -2.23. The van der Waals surface area contributed by atoms with Gasteiger partial charge in [-0.15, -0.1) is 0 Å². The number of methoxy groups -OCH3 is 1. The number of amides is 2. The third-order valence-electron chi connectivity index (χ3n) is 2.49. The molecule has 0 aliphatic rings. The lowest BCUT2D eigenvalue weighted by atomic mass is 10.1.